The maximum atomic E-state index is 14.6. The fraction of sp³-hybridized carbons (Fsp3) is 0.667. The number of hydrogen-bond donors (Lipinski definition) is 2. The molecule has 1 fully saturated rings. The van der Waals surface area contributed by atoms with Gasteiger partial charge in [-0.15, -0.1) is 0 Å². The number of nitrogens with zero attached hydrogens (tertiary/aromatic N) is 3. The second kappa shape index (κ2) is 25.7. The number of amides is 5. The van der Waals surface area contributed by atoms with Gasteiger partial charge in [-0.3, -0.25) is 24.1 Å². The fourth-order valence-corrected chi connectivity index (χ4v) is 10.9. The van der Waals surface area contributed by atoms with Crippen LogP contribution in [0.5, 0.6) is 0 Å². The van der Waals surface area contributed by atoms with E-state index < -0.39 is 75.8 Å². The monoisotopic (exact) mass is 956 g/mol. The Morgan fingerprint density at radius 3 is 1.90 bits per heavy atom. The molecule has 15 nitrogen and oxygen atoms in total. The van der Waals surface area contributed by atoms with Gasteiger partial charge in [0.1, 0.15) is 17.7 Å². The van der Waals surface area contributed by atoms with Gasteiger partial charge in [0.2, 0.25) is 23.6 Å². The third kappa shape index (κ3) is 16.6. The summed E-state index contributed by atoms with van der Waals surface area (Å²) in [6.45, 7) is 18.7. The van der Waals surface area contributed by atoms with Gasteiger partial charge in [-0.25, -0.2) is 13.2 Å². The third-order valence-electron chi connectivity index (χ3n) is 12.8. The van der Waals surface area contributed by atoms with Crippen LogP contribution in [0.4, 0.5) is 4.79 Å². The van der Waals surface area contributed by atoms with Crippen molar-refractivity contribution in [3.8, 4) is 0 Å². The summed E-state index contributed by atoms with van der Waals surface area (Å²) in [6.07, 6.45) is 0.0710. The van der Waals surface area contributed by atoms with E-state index in [-0.39, 0.29) is 53.4 Å². The van der Waals surface area contributed by atoms with Gasteiger partial charge in [-0.2, -0.15) is 0 Å². The Kier molecular flexibility index (Phi) is 21.8. The lowest BCUT2D eigenvalue weighted by Crippen LogP contribution is -2.60. The highest BCUT2D eigenvalue weighted by Gasteiger charge is 2.44. The van der Waals surface area contributed by atoms with Gasteiger partial charge in [0.25, 0.3) is 0 Å². The average molecular weight is 956 g/mol. The van der Waals surface area contributed by atoms with Crippen LogP contribution in [0.3, 0.4) is 0 Å². The number of ether oxygens (including phenoxy) is 3. The molecule has 2 aromatic carbocycles. The van der Waals surface area contributed by atoms with E-state index in [1.807, 2.05) is 77.9 Å². The molecule has 376 valence electrons. The molecule has 67 heavy (non-hydrogen) atoms. The zero-order valence-corrected chi connectivity index (χ0v) is 43.4. The van der Waals surface area contributed by atoms with Crippen molar-refractivity contribution in [1.29, 1.82) is 0 Å². The fourth-order valence-electron chi connectivity index (χ4n) is 9.23. The molecule has 0 aromatic heterocycles. The molecule has 5 amide bonds. The number of likely N-dealkylation sites (N-methyl/N-ethyl adjacent to an activating group) is 2. The molecule has 0 saturated carbocycles. The minimum Gasteiger partial charge on any atom is -0.444 e. The molecule has 2 aromatic rings. The van der Waals surface area contributed by atoms with Gasteiger partial charge >= 0.3 is 6.09 Å². The first-order chi connectivity index (χ1) is 31.4. The van der Waals surface area contributed by atoms with Crippen LogP contribution < -0.4 is 10.6 Å². The molecule has 9 atom stereocenters. The van der Waals surface area contributed by atoms with Crippen LogP contribution in [0.2, 0.25) is 0 Å². The van der Waals surface area contributed by atoms with Crippen molar-refractivity contribution in [2.75, 3.05) is 40.6 Å². The highest BCUT2D eigenvalue weighted by Crippen LogP contribution is 2.30. The van der Waals surface area contributed by atoms with Crippen molar-refractivity contribution < 1.29 is 46.6 Å². The third-order valence-corrected chi connectivity index (χ3v) is 14.5. The van der Waals surface area contributed by atoms with Crippen LogP contribution in [0.25, 0.3) is 0 Å². The van der Waals surface area contributed by atoms with E-state index in [0.717, 1.165) is 5.56 Å². The Morgan fingerprint density at radius 2 is 1.39 bits per heavy atom. The normalized spacial score (nSPS) is 18.0. The average Bonchev–Trinajstić information content (AvgIpc) is 3.74. The Labute approximate surface area is 401 Å². The van der Waals surface area contributed by atoms with Crippen LogP contribution in [0.1, 0.15) is 106 Å². The second-order valence-electron chi connectivity index (χ2n) is 20.0. The lowest BCUT2D eigenvalue weighted by Gasteiger charge is -2.41. The number of carbonyl (C=O) groups excluding carboxylic acids is 5. The van der Waals surface area contributed by atoms with Crippen molar-refractivity contribution in [3.05, 3.63) is 71.8 Å². The quantitative estimate of drug-likeness (QED) is 0.122. The predicted octanol–water partition coefficient (Wildman–Crippen LogP) is 6.28. The Hall–Kier alpha value is -4.54. The Balaban J connectivity index is 1.82. The summed E-state index contributed by atoms with van der Waals surface area (Å²) in [5.41, 5.74) is 0.781. The van der Waals surface area contributed by atoms with E-state index in [2.05, 4.69) is 10.6 Å². The first-order valence-electron chi connectivity index (χ1n) is 23.8. The molecule has 1 aliphatic heterocycles. The molecule has 1 heterocycles. The Morgan fingerprint density at radius 1 is 0.806 bits per heavy atom. The molecular weight excluding hydrogens is 875 g/mol. The van der Waals surface area contributed by atoms with E-state index in [9.17, 15) is 32.4 Å². The molecule has 16 heteroatoms. The number of rotatable bonds is 24. The van der Waals surface area contributed by atoms with E-state index in [1.54, 1.807) is 68.8 Å². The van der Waals surface area contributed by atoms with Gasteiger partial charge < -0.3 is 34.6 Å². The molecule has 1 aliphatic rings. The molecule has 8 unspecified atom stereocenters. The maximum absolute atomic E-state index is 14.6. The molecule has 0 aliphatic carbocycles. The summed E-state index contributed by atoms with van der Waals surface area (Å²) in [4.78, 5) is 74.8. The van der Waals surface area contributed by atoms with Crippen molar-refractivity contribution in [2.45, 2.75) is 155 Å². The molecule has 1 saturated heterocycles. The van der Waals surface area contributed by atoms with E-state index in [0.29, 0.717) is 37.8 Å². The van der Waals surface area contributed by atoms with Crippen LogP contribution in [0, 0.1) is 23.7 Å². The largest absolute Gasteiger partial charge is 0.444 e. The summed E-state index contributed by atoms with van der Waals surface area (Å²) < 4.78 is 44.7. The van der Waals surface area contributed by atoms with Gasteiger partial charge in [0.15, 0.2) is 9.84 Å². The van der Waals surface area contributed by atoms with Crippen LogP contribution in [-0.4, -0.2) is 141 Å². The summed E-state index contributed by atoms with van der Waals surface area (Å²) >= 11 is 0. The van der Waals surface area contributed by atoms with E-state index >= 15 is 0 Å². The summed E-state index contributed by atoms with van der Waals surface area (Å²) in [5, 5.41) is 5.99. The number of sulfone groups is 1. The number of likely N-dealkylation sites (tertiary alicyclic amines) is 1. The first kappa shape index (κ1) is 56.8. The molecule has 3 rings (SSSR count). The summed E-state index contributed by atoms with van der Waals surface area (Å²) in [7, 11) is 2.58. The number of carbonyl (C=O) groups is 5. The van der Waals surface area contributed by atoms with E-state index in [4.69, 9.17) is 14.2 Å². The molecule has 2 N–H and O–H groups in total. The second-order valence-corrected chi connectivity index (χ2v) is 22.1. The van der Waals surface area contributed by atoms with Crippen LogP contribution in [-0.2, 0) is 55.4 Å². The number of methoxy groups -OCH3 is 2. The highest BCUT2D eigenvalue weighted by molar-refractivity contribution is 7.90. The van der Waals surface area contributed by atoms with Gasteiger partial charge in [0.05, 0.1) is 48.1 Å². The predicted molar refractivity (Wildman–Crippen MR) is 262 cm³/mol. The van der Waals surface area contributed by atoms with Gasteiger partial charge in [0, 0.05) is 40.9 Å². The standard InChI is InChI=1S/C51H81N5O10S/c1-15-35(6)45(54(11)49(60)43(33(2)3)53-48(59)44(34(4)5)55(12)50(61)66-51(8,9)10)41(64-13)30-42(57)56-28-22-27-40(56)46(65-14)36(7)47(58)52-39(29-37-23-18-16-19-24-37)32-67(62,63)31-38-25-20-17-21-26-38/h16-21,23-26,33-36,39-41,43-46H,15,22,27-32H2,1-14H3,(H,52,58)(H,53,59)/t35?,36?,39?,40-,41?,43?,44?,45?,46?/m0/s1. The zero-order valence-electron chi connectivity index (χ0n) is 42.6. The number of nitrogens with one attached hydrogen (secondary N) is 2. The molecular formula is C51H81N5O10S. The lowest BCUT2D eigenvalue weighted by atomic mass is 9.89. The zero-order chi connectivity index (χ0) is 50.4. The van der Waals surface area contributed by atoms with Crippen LogP contribution >= 0.6 is 0 Å². The highest BCUT2D eigenvalue weighted by atomic mass is 32.2. The molecule has 0 bridgehead atoms. The Bertz CT molecular complexity index is 2010. The minimum absolute atomic E-state index is 0.0656. The van der Waals surface area contributed by atoms with Crippen LogP contribution in [0.15, 0.2) is 60.7 Å². The lowest BCUT2D eigenvalue weighted by molar-refractivity contribution is -0.148. The topological polar surface area (TPSA) is 181 Å². The van der Waals surface area contributed by atoms with Gasteiger partial charge in [-0.1, -0.05) is 116 Å². The van der Waals surface area contributed by atoms with Crippen molar-refractivity contribution in [1.82, 2.24) is 25.3 Å². The number of benzene rings is 2. The first-order valence-corrected chi connectivity index (χ1v) is 25.6. The SMILES string of the molecule is CCC(C)C(C(CC(=O)N1CCC[C@H]1C(OC)C(C)C(=O)NC(Cc1ccccc1)CS(=O)(=O)Cc1ccccc1)OC)N(C)C(=O)C(NC(=O)C(C(C)C)N(C)C(=O)OC(C)(C)C)C(C)C. The smallest absolute Gasteiger partial charge is 0.410 e. The summed E-state index contributed by atoms with van der Waals surface area (Å²) in [5.74, 6) is -3.37. The molecule has 0 radical (unpaired) electrons. The van der Waals surface area contributed by atoms with E-state index in [1.165, 1.54) is 26.2 Å². The number of hydrogen-bond acceptors (Lipinski definition) is 10. The van der Waals surface area contributed by atoms with Gasteiger partial charge in [-0.05, 0) is 68.9 Å². The molecule has 0 spiro atoms. The van der Waals surface area contributed by atoms with Crippen molar-refractivity contribution in [3.63, 3.8) is 0 Å². The minimum atomic E-state index is -3.63. The van der Waals surface area contributed by atoms with Crippen molar-refractivity contribution >= 4 is 39.6 Å². The summed E-state index contributed by atoms with van der Waals surface area (Å²) in [6, 6.07) is 14.8. The van der Waals surface area contributed by atoms with Crippen molar-refractivity contribution in [2.24, 2.45) is 23.7 Å². The maximum Gasteiger partial charge on any atom is 0.410 e.